The van der Waals surface area contributed by atoms with Crippen molar-refractivity contribution < 1.29 is 18.7 Å². The Morgan fingerprint density at radius 1 is 0.938 bits per heavy atom. The van der Waals surface area contributed by atoms with E-state index in [1.807, 2.05) is 20.5 Å². The Morgan fingerprint density at radius 2 is 1.50 bits per heavy atom. The van der Waals surface area contributed by atoms with Gasteiger partial charge in [0.05, 0.1) is 31.8 Å². The maximum Gasteiger partial charge on any atom is 0.0641 e. The number of hydrogen-bond donors (Lipinski definition) is 0. The third kappa shape index (κ3) is 6.77. The van der Waals surface area contributed by atoms with Gasteiger partial charge in [-0.05, 0) is 20.5 Å². The summed E-state index contributed by atoms with van der Waals surface area (Å²) in [4.78, 5) is 0. The van der Waals surface area contributed by atoms with Crippen LogP contribution in [0.2, 0.25) is 0 Å². The third-order valence-corrected chi connectivity index (χ3v) is 2.63. The van der Waals surface area contributed by atoms with Crippen molar-refractivity contribution in [2.24, 2.45) is 5.41 Å². The highest BCUT2D eigenvalue weighted by atomic mass is 31.1. The summed E-state index contributed by atoms with van der Waals surface area (Å²) >= 11 is 0. The zero-order valence-electron chi connectivity index (χ0n) is 10.9. The summed E-state index contributed by atoms with van der Waals surface area (Å²) in [7, 11) is 2.17. The van der Waals surface area contributed by atoms with Crippen LogP contribution < -0.4 is 0 Å². The van der Waals surface area contributed by atoms with Crippen molar-refractivity contribution in [3.8, 4) is 0 Å². The molecule has 1 atom stereocenters. The summed E-state index contributed by atoms with van der Waals surface area (Å²) < 4.78 is 21.8. The number of rotatable bonds is 11. The molecule has 98 valence electrons. The minimum absolute atomic E-state index is 0.177. The molecule has 0 aliphatic heterocycles. The van der Waals surface area contributed by atoms with E-state index in [0.29, 0.717) is 48.4 Å². The Bertz CT molecular complexity index is 133. The fraction of sp³-hybridized carbons (Fsp3) is 1.00. The number of ether oxygens (including phenoxy) is 3. The highest BCUT2D eigenvalue weighted by Gasteiger charge is 2.31. The molecule has 0 aliphatic rings. The van der Waals surface area contributed by atoms with Crippen molar-refractivity contribution in [1.82, 2.24) is 0 Å². The van der Waals surface area contributed by atoms with E-state index in [1.165, 1.54) is 0 Å². The van der Waals surface area contributed by atoms with Crippen LogP contribution in [-0.4, -0.2) is 53.4 Å². The largest absolute Gasteiger partial charge is 0.384 e. The maximum atomic E-state index is 5.53. The van der Waals surface area contributed by atoms with E-state index >= 15 is 0 Å². The van der Waals surface area contributed by atoms with Crippen LogP contribution in [0.4, 0.5) is 0 Å². The summed E-state index contributed by atoms with van der Waals surface area (Å²) in [6, 6.07) is 0. The minimum atomic E-state index is -0.177. The lowest BCUT2D eigenvalue weighted by molar-refractivity contribution is -0.0746. The predicted molar refractivity (Wildman–Crippen MR) is 67.5 cm³/mol. The second kappa shape index (κ2) is 10.4. The minimum Gasteiger partial charge on any atom is -0.384 e. The average molecular weight is 252 g/mol. The predicted octanol–water partition coefficient (Wildman–Crippen LogP) is 1.93. The van der Waals surface area contributed by atoms with Crippen molar-refractivity contribution in [3.05, 3.63) is 0 Å². The first-order chi connectivity index (χ1) is 7.74. The van der Waals surface area contributed by atoms with E-state index < -0.39 is 0 Å². The van der Waals surface area contributed by atoms with Crippen LogP contribution in [0.3, 0.4) is 0 Å². The van der Waals surface area contributed by atoms with E-state index in [4.69, 9.17) is 18.7 Å². The van der Waals surface area contributed by atoms with Crippen LogP contribution in [0.1, 0.15) is 13.8 Å². The monoisotopic (exact) mass is 252 g/mol. The molecule has 0 saturated carbocycles. The van der Waals surface area contributed by atoms with Gasteiger partial charge in [0.1, 0.15) is 0 Å². The van der Waals surface area contributed by atoms with Crippen LogP contribution in [0.5, 0.6) is 0 Å². The van der Waals surface area contributed by atoms with Crippen molar-refractivity contribution in [2.75, 3.05) is 53.4 Å². The van der Waals surface area contributed by atoms with Gasteiger partial charge in [-0.25, -0.2) is 0 Å². The molecule has 0 saturated heterocycles. The van der Waals surface area contributed by atoms with Gasteiger partial charge in [0.15, 0.2) is 0 Å². The maximum absolute atomic E-state index is 5.53. The molecular formula is C11H25O4P. The summed E-state index contributed by atoms with van der Waals surface area (Å²) in [6.45, 7) is 9.83. The lowest BCUT2D eigenvalue weighted by Crippen LogP contribution is -2.40. The molecule has 5 heteroatoms. The summed E-state index contributed by atoms with van der Waals surface area (Å²) in [5, 5.41) is 0. The molecule has 0 amide bonds. The van der Waals surface area contributed by atoms with Crippen LogP contribution in [-0.2, 0) is 18.7 Å². The highest BCUT2D eigenvalue weighted by molar-refractivity contribution is 7.31. The van der Waals surface area contributed by atoms with Gasteiger partial charge in [-0.15, -0.1) is 0 Å². The summed E-state index contributed by atoms with van der Waals surface area (Å²) in [5.74, 6) is 0. The van der Waals surface area contributed by atoms with Crippen molar-refractivity contribution >= 4 is 8.81 Å². The van der Waals surface area contributed by atoms with Crippen molar-refractivity contribution in [1.29, 1.82) is 0 Å². The van der Waals surface area contributed by atoms with Gasteiger partial charge in [-0.3, -0.25) is 0 Å². The molecule has 0 fully saturated rings. The topological polar surface area (TPSA) is 36.9 Å². The smallest absolute Gasteiger partial charge is 0.0641 e. The molecule has 0 aromatic rings. The Hall–Kier alpha value is 0.270. The number of hydrogen-bond acceptors (Lipinski definition) is 4. The Kier molecular flexibility index (Phi) is 10.6. The Labute approximate surface area is 101 Å². The van der Waals surface area contributed by atoms with E-state index in [1.54, 1.807) is 7.11 Å². The molecule has 0 aromatic carbocycles. The van der Waals surface area contributed by atoms with E-state index in [-0.39, 0.29) is 5.41 Å². The lowest BCUT2D eigenvalue weighted by Gasteiger charge is -2.31. The van der Waals surface area contributed by atoms with Gasteiger partial charge >= 0.3 is 0 Å². The first-order valence-corrected chi connectivity index (χ1v) is 7.08. The molecule has 0 N–H and O–H groups in total. The average Bonchev–Trinajstić information content (AvgIpc) is 2.31. The molecule has 16 heavy (non-hydrogen) atoms. The highest BCUT2D eigenvalue weighted by Crippen LogP contribution is 2.23. The molecule has 0 spiro atoms. The van der Waals surface area contributed by atoms with Crippen molar-refractivity contribution in [2.45, 2.75) is 13.8 Å². The fourth-order valence-corrected chi connectivity index (χ4v) is 1.87. The SMILES string of the molecule is CCOCC(COC)(COCC)COPC. The fourth-order valence-electron chi connectivity index (χ4n) is 1.42. The van der Waals surface area contributed by atoms with E-state index in [0.717, 1.165) is 0 Å². The standard InChI is InChI=1S/C11H25O4P/c1-5-13-8-11(7-12-3,9-14-6-2)10-15-16-4/h16H,5-10H2,1-4H3. The summed E-state index contributed by atoms with van der Waals surface area (Å²) in [6.07, 6.45) is 0. The van der Waals surface area contributed by atoms with E-state index in [9.17, 15) is 0 Å². The van der Waals surface area contributed by atoms with Crippen LogP contribution in [0, 0.1) is 5.41 Å². The van der Waals surface area contributed by atoms with Gasteiger partial charge < -0.3 is 18.7 Å². The third-order valence-electron chi connectivity index (χ3n) is 2.20. The first kappa shape index (κ1) is 16.3. The second-order valence-corrected chi connectivity index (χ2v) is 4.40. The second-order valence-electron chi connectivity index (χ2n) is 3.70. The molecule has 0 rings (SSSR count). The van der Waals surface area contributed by atoms with Crippen LogP contribution in [0.15, 0.2) is 0 Å². The van der Waals surface area contributed by atoms with Gasteiger partial charge in [-0.2, -0.15) is 0 Å². The molecule has 0 aliphatic carbocycles. The molecule has 0 aromatic heterocycles. The Balaban J connectivity index is 4.32. The van der Waals surface area contributed by atoms with E-state index in [2.05, 4.69) is 0 Å². The van der Waals surface area contributed by atoms with Crippen LogP contribution >= 0.6 is 8.81 Å². The van der Waals surface area contributed by atoms with Gasteiger partial charge in [0, 0.05) is 29.1 Å². The van der Waals surface area contributed by atoms with Gasteiger partial charge in [0.25, 0.3) is 0 Å². The first-order valence-electron chi connectivity index (χ1n) is 5.67. The van der Waals surface area contributed by atoms with Crippen LogP contribution in [0.25, 0.3) is 0 Å². The normalized spacial score (nSPS) is 12.8. The van der Waals surface area contributed by atoms with Crippen molar-refractivity contribution in [3.63, 3.8) is 0 Å². The zero-order chi connectivity index (χ0) is 12.3. The molecular weight excluding hydrogens is 227 g/mol. The molecule has 0 bridgehead atoms. The molecule has 1 unspecified atom stereocenters. The summed E-state index contributed by atoms with van der Waals surface area (Å²) in [5.41, 5.74) is -0.177. The van der Waals surface area contributed by atoms with Gasteiger partial charge in [-0.1, -0.05) is 0 Å². The lowest BCUT2D eigenvalue weighted by atomic mass is 9.92. The Morgan fingerprint density at radius 3 is 1.88 bits per heavy atom. The number of methoxy groups -OCH3 is 1. The quantitative estimate of drug-likeness (QED) is 0.527. The molecule has 0 heterocycles. The zero-order valence-corrected chi connectivity index (χ0v) is 11.9. The molecule has 0 radical (unpaired) electrons. The van der Waals surface area contributed by atoms with Gasteiger partial charge in [0.2, 0.25) is 0 Å². The molecule has 4 nitrogen and oxygen atoms in total.